The molecule has 3 heterocycles. The summed E-state index contributed by atoms with van der Waals surface area (Å²) in [6, 6.07) is 61.5. The molecule has 0 atom stereocenters. The predicted molar refractivity (Wildman–Crippen MR) is 214 cm³/mol. The van der Waals surface area contributed by atoms with Crippen LogP contribution in [0.3, 0.4) is 0 Å². The lowest BCUT2D eigenvalue weighted by Crippen LogP contribution is -1.99. The minimum atomic E-state index is 0.906. The second-order valence-electron chi connectivity index (χ2n) is 13.6. The molecule has 0 spiro atoms. The van der Waals surface area contributed by atoms with E-state index in [-0.39, 0.29) is 0 Å². The number of furan rings is 1. The maximum Gasteiger partial charge on any atom is 0.160 e. The number of hydrogen-bond donors (Lipinski definition) is 0. The zero-order valence-corrected chi connectivity index (χ0v) is 27.5. The highest BCUT2D eigenvalue weighted by atomic mass is 16.3. The summed E-state index contributed by atoms with van der Waals surface area (Å²) in [5.74, 6) is 0. The Bertz CT molecular complexity index is 3340. The first-order valence-corrected chi connectivity index (χ1v) is 17.5. The summed E-state index contributed by atoms with van der Waals surface area (Å²) in [6.07, 6.45) is 0. The molecule has 3 heteroatoms. The van der Waals surface area contributed by atoms with Crippen molar-refractivity contribution >= 4 is 87.1 Å². The second kappa shape index (κ2) is 9.87. The van der Waals surface area contributed by atoms with E-state index < -0.39 is 0 Å². The van der Waals surface area contributed by atoms with Crippen molar-refractivity contribution in [2.24, 2.45) is 0 Å². The summed E-state index contributed by atoms with van der Waals surface area (Å²) in [7, 11) is 0. The molecule has 0 N–H and O–H groups in total. The molecule has 0 aliphatic rings. The quantitative estimate of drug-likeness (QED) is 0.175. The smallest absolute Gasteiger partial charge is 0.160 e. The third kappa shape index (κ3) is 3.47. The summed E-state index contributed by atoms with van der Waals surface area (Å²) in [4.78, 5) is 0. The maximum absolute atomic E-state index is 7.28. The molecule has 0 saturated carbocycles. The highest BCUT2D eigenvalue weighted by Crippen LogP contribution is 2.49. The fourth-order valence-electron chi connectivity index (χ4n) is 8.98. The molecule has 3 aromatic heterocycles. The maximum atomic E-state index is 7.28. The van der Waals surface area contributed by atoms with E-state index in [1.54, 1.807) is 0 Å². The fourth-order valence-corrected chi connectivity index (χ4v) is 8.98. The average molecular weight is 649 g/mol. The molecule has 236 valence electrons. The van der Waals surface area contributed by atoms with Gasteiger partial charge in [-0.15, -0.1) is 0 Å². The van der Waals surface area contributed by atoms with Crippen molar-refractivity contribution in [1.82, 2.24) is 9.13 Å². The van der Waals surface area contributed by atoms with Crippen LogP contribution in [-0.2, 0) is 0 Å². The van der Waals surface area contributed by atoms with E-state index in [2.05, 4.69) is 179 Å². The summed E-state index contributed by atoms with van der Waals surface area (Å²) in [5, 5.41) is 12.2. The zero-order valence-electron chi connectivity index (χ0n) is 27.5. The molecule has 0 unspecified atom stereocenters. The van der Waals surface area contributed by atoms with Crippen LogP contribution in [0, 0.1) is 0 Å². The van der Waals surface area contributed by atoms with Crippen LogP contribution < -0.4 is 0 Å². The Kier molecular flexibility index (Phi) is 5.23. The normalized spacial score (nSPS) is 12.3. The van der Waals surface area contributed by atoms with E-state index in [0.29, 0.717) is 0 Å². The van der Waals surface area contributed by atoms with Gasteiger partial charge in [0.1, 0.15) is 5.58 Å². The minimum absolute atomic E-state index is 0.906. The van der Waals surface area contributed by atoms with Crippen molar-refractivity contribution in [2.75, 3.05) is 0 Å². The molecule has 0 amide bonds. The summed E-state index contributed by atoms with van der Waals surface area (Å²) in [5.41, 5.74) is 11.0. The molecule has 51 heavy (non-hydrogen) atoms. The highest BCUT2D eigenvalue weighted by Gasteiger charge is 2.26. The van der Waals surface area contributed by atoms with Gasteiger partial charge in [-0.2, -0.15) is 0 Å². The van der Waals surface area contributed by atoms with E-state index in [0.717, 1.165) is 39.2 Å². The van der Waals surface area contributed by atoms with E-state index in [1.807, 2.05) is 0 Å². The Morgan fingerprint density at radius 1 is 0.333 bits per heavy atom. The van der Waals surface area contributed by atoms with Crippen LogP contribution in [0.2, 0.25) is 0 Å². The van der Waals surface area contributed by atoms with Crippen LogP contribution in [0.4, 0.5) is 0 Å². The lowest BCUT2D eigenvalue weighted by Gasteiger charge is -2.14. The lowest BCUT2D eigenvalue weighted by molar-refractivity contribution is 0.668. The first-order valence-electron chi connectivity index (χ1n) is 17.5. The van der Waals surface area contributed by atoms with Gasteiger partial charge in [-0.25, -0.2) is 0 Å². The molecule has 0 radical (unpaired) electrons. The van der Waals surface area contributed by atoms with Gasteiger partial charge >= 0.3 is 0 Å². The number of nitrogens with zero attached hydrogens (tertiary/aromatic N) is 2. The van der Waals surface area contributed by atoms with Gasteiger partial charge in [-0.3, -0.25) is 0 Å². The van der Waals surface area contributed by atoms with Gasteiger partial charge in [0, 0.05) is 43.6 Å². The number of rotatable bonds is 3. The number of aromatic nitrogens is 2. The molecular formula is C48H28N2O. The van der Waals surface area contributed by atoms with Crippen molar-refractivity contribution in [3.8, 4) is 22.5 Å². The van der Waals surface area contributed by atoms with E-state index in [4.69, 9.17) is 4.42 Å². The van der Waals surface area contributed by atoms with Gasteiger partial charge in [-0.05, 0) is 63.5 Å². The third-order valence-electron chi connectivity index (χ3n) is 11.1. The van der Waals surface area contributed by atoms with Crippen LogP contribution in [0.25, 0.3) is 110 Å². The zero-order chi connectivity index (χ0) is 33.2. The molecular weight excluding hydrogens is 621 g/mol. The van der Waals surface area contributed by atoms with Gasteiger partial charge in [-0.1, -0.05) is 133 Å². The Morgan fingerprint density at radius 2 is 0.824 bits per heavy atom. The van der Waals surface area contributed by atoms with Crippen molar-refractivity contribution in [1.29, 1.82) is 0 Å². The van der Waals surface area contributed by atoms with Gasteiger partial charge < -0.3 is 13.6 Å². The van der Waals surface area contributed by atoms with Crippen LogP contribution in [0.15, 0.2) is 174 Å². The fraction of sp³-hybridized carbons (Fsp3) is 0. The largest absolute Gasteiger partial charge is 0.453 e. The minimum Gasteiger partial charge on any atom is -0.453 e. The topological polar surface area (TPSA) is 23.0 Å². The first-order chi connectivity index (χ1) is 25.3. The predicted octanol–water partition coefficient (Wildman–Crippen LogP) is 13.2. The number of benzene rings is 9. The Morgan fingerprint density at radius 3 is 1.49 bits per heavy atom. The van der Waals surface area contributed by atoms with Crippen molar-refractivity contribution in [3.05, 3.63) is 170 Å². The van der Waals surface area contributed by atoms with E-state index in [9.17, 15) is 0 Å². The summed E-state index contributed by atoms with van der Waals surface area (Å²) in [6.45, 7) is 0. The SMILES string of the molecule is c1ccc(-c2ccc3c4ccccc4c4ccc(-n5c6ccccc6c6ccc7c8ccccc8n(-c8ccccc8)c7c65)c5oc2c3c54)cc1. The molecule has 0 bridgehead atoms. The van der Waals surface area contributed by atoms with Crippen LogP contribution in [0.5, 0.6) is 0 Å². The van der Waals surface area contributed by atoms with Gasteiger partial charge in [0.05, 0.1) is 27.8 Å². The Balaban J connectivity index is 1.32. The summed E-state index contributed by atoms with van der Waals surface area (Å²) >= 11 is 0. The molecule has 0 aliphatic carbocycles. The lowest BCUT2D eigenvalue weighted by atomic mass is 9.91. The summed E-state index contributed by atoms with van der Waals surface area (Å²) < 4.78 is 12.2. The molecule has 0 aliphatic heterocycles. The van der Waals surface area contributed by atoms with Crippen molar-refractivity contribution in [3.63, 3.8) is 0 Å². The first kappa shape index (κ1) is 27.0. The van der Waals surface area contributed by atoms with Crippen LogP contribution in [0.1, 0.15) is 0 Å². The Labute approximate surface area is 292 Å². The van der Waals surface area contributed by atoms with Crippen LogP contribution >= 0.6 is 0 Å². The number of para-hydroxylation sites is 3. The molecule has 0 fully saturated rings. The molecule has 0 saturated heterocycles. The average Bonchev–Trinajstić information content (AvgIpc) is 3.87. The monoisotopic (exact) mass is 648 g/mol. The van der Waals surface area contributed by atoms with Crippen molar-refractivity contribution in [2.45, 2.75) is 0 Å². The van der Waals surface area contributed by atoms with Crippen molar-refractivity contribution < 1.29 is 4.42 Å². The van der Waals surface area contributed by atoms with Gasteiger partial charge in [0.25, 0.3) is 0 Å². The third-order valence-corrected chi connectivity index (χ3v) is 11.1. The molecule has 9 aromatic carbocycles. The van der Waals surface area contributed by atoms with Gasteiger partial charge in [0.2, 0.25) is 0 Å². The molecule has 3 nitrogen and oxygen atoms in total. The van der Waals surface area contributed by atoms with E-state index >= 15 is 0 Å². The Hall–Kier alpha value is -6.84. The number of fused-ring (bicyclic) bond motifs is 10. The van der Waals surface area contributed by atoms with E-state index in [1.165, 1.54) is 70.4 Å². The number of hydrogen-bond acceptors (Lipinski definition) is 1. The standard InChI is InChI=1S/C48H28N2O/c1-3-13-29(14-4-1)31-23-24-36-32-17-7-8-18-33(32)37-27-28-42(48-44(37)43(36)47(31)51-48)50-41-22-12-10-20-35(41)39-26-25-38-34-19-9-11-21-40(34)49(45(38)46(39)50)30-15-5-2-6-16-30/h1-28H. The van der Waals surface area contributed by atoms with Crippen LogP contribution in [-0.4, -0.2) is 9.13 Å². The van der Waals surface area contributed by atoms with Gasteiger partial charge in [0.15, 0.2) is 5.58 Å². The molecule has 12 rings (SSSR count). The molecule has 12 aromatic rings. The second-order valence-corrected chi connectivity index (χ2v) is 13.6. The highest BCUT2D eigenvalue weighted by molar-refractivity contribution is 6.35.